The van der Waals surface area contributed by atoms with Crippen molar-refractivity contribution in [2.75, 3.05) is 57.7 Å². The first-order valence-electron chi connectivity index (χ1n) is 12.5. The lowest BCUT2D eigenvalue weighted by Gasteiger charge is -2.30. The van der Waals surface area contributed by atoms with Gasteiger partial charge in [0.15, 0.2) is 8.03 Å². The first kappa shape index (κ1) is 28.5. The number of carbonyl (C=O) groups excluding carboxylic acids is 1. The maximum atomic E-state index is 13.1. The van der Waals surface area contributed by atoms with Crippen LogP contribution >= 0.6 is 8.03 Å². The highest BCUT2D eigenvalue weighted by atomic mass is 31.1. The molecule has 1 amide bonds. The predicted molar refractivity (Wildman–Crippen MR) is 147 cm³/mol. The largest absolute Gasteiger partial charge is 0.481 e. The van der Waals surface area contributed by atoms with Gasteiger partial charge >= 0.3 is 5.97 Å². The number of amides is 1. The SMILES string of the molecule is CN(CCCCCC(=O)O)C(=O)CC[PH](=O)OC1c2ccc(N(C)C)cc2Oc2cc(N(C)C)ccc21. The van der Waals surface area contributed by atoms with E-state index in [1.807, 2.05) is 74.4 Å². The number of fused-ring (bicyclic) bond motifs is 2. The molecule has 202 valence electrons. The summed E-state index contributed by atoms with van der Waals surface area (Å²) >= 11 is 0. The zero-order valence-electron chi connectivity index (χ0n) is 22.3. The molecule has 2 aromatic carbocycles. The third-order valence-electron chi connectivity index (χ3n) is 6.41. The topological polar surface area (TPSA) is 99.6 Å². The van der Waals surface area contributed by atoms with Crippen molar-refractivity contribution in [1.29, 1.82) is 0 Å². The van der Waals surface area contributed by atoms with E-state index in [1.54, 1.807) is 11.9 Å². The van der Waals surface area contributed by atoms with Crippen LogP contribution in [0.1, 0.15) is 49.3 Å². The van der Waals surface area contributed by atoms with Crippen LogP contribution in [0.2, 0.25) is 0 Å². The lowest BCUT2D eigenvalue weighted by Crippen LogP contribution is -2.28. The van der Waals surface area contributed by atoms with Crippen LogP contribution in [0.5, 0.6) is 11.5 Å². The molecule has 2 aromatic rings. The van der Waals surface area contributed by atoms with Gasteiger partial charge in [0.05, 0.1) is 0 Å². The summed E-state index contributed by atoms with van der Waals surface area (Å²) in [5, 5.41) is 8.71. The summed E-state index contributed by atoms with van der Waals surface area (Å²) in [6.07, 6.45) is 1.95. The molecule has 3 rings (SSSR count). The van der Waals surface area contributed by atoms with Crippen LogP contribution in [0.3, 0.4) is 0 Å². The van der Waals surface area contributed by atoms with Gasteiger partial charge in [-0.2, -0.15) is 0 Å². The van der Waals surface area contributed by atoms with Crippen molar-refractivity contribution < 1.29 is 28.5 Å². The quantitative estimate of drug-likeness (QED) is 0.285. The fourth-order valence-corrected chi connectivity index (χ4v) is 5.19. The van der Waals surface area contributed by atoms with Crippen LogP contribution in [0.25, 0.3) is 0 Å². The van der Waals surface area contributed by atoms with Gasteiger partial charge in [0.25, 0.3) is 0 Å². The molecule has 0 aromatic heterocycles. The molecule has 1 heterocycles. The molecule has 0 saturated carbocycles. The number of hydrogen-bond donors (Lipinski definition) is 1. The maximum Gasteiger partial charge on any atom is 0.303 e. The minimum absolute atomic E-state index is 0.0980. The van der Waals surface area contributed by atoms with Gasteiger partial charge in [0.1, 0.15) is 17.6 Å². The second-order valence-corrected chi connectivity index (χ2v) is 11.2. The van der Waals surface area contributed by atoms with E-state index in [1.165, 1.54) is 0 Å². The molecule has 0 spiro atoms. The van der Waals surface area contributed by atoms with Crippen molar-refractivity contribution in [2.24, 2.45) is 0 Å². The van der Waals surface area contributed by atoms with E-state index >= 15 is 0 Å². The summed E-state index contributed by atoms with van der Waals surface area (Å²) in [7, 11) is 7.02. The summed E-state index contributed by atoms with van der Waals surface area (Å²) in [5.41, 5.74) is 3.57. The van der Waals surface area contributed by atoms with E-state index < -0.39 is 20.1 Å². The highest BCUT2D eigenvalue weighted by Crippen LogP contribution is 2.50. The molecule has 1 atom stereocenters. The molecule has 10 heteroatoms. The van der Waals surface area contributed by atoms with Gasteiger partial charge in [-0.15, -0.1) is 0 Å². The zero-order valence-corrected chi connectivity index (χ0v) is 23.3. The molecule has 1 unspecified atom stereocenters. The van der Waals surface area contributed by atoms with E-state index in [2.05, 4.69) is 0 Å². The Labute approximate surface area is 219 Å². The Bertz CT molecular complexity index is 1080. The fourth-order valence-electron chi connectivity index (χ4n) is 4.14. The lowest BCUT2D eigenvalue weighted by atomic mass is 9.96. The van der Waals surface area contributed by atoms with Crippen molar-refractivity contribution in [3.63, 3.8) is 0 Å². The Kier molecular flexibility index (Phi) is 10.0. The normalized spacial score (nSPS) is 13.2. The van der Waals surface area contributed by atoms with E-state index in [0.29, 0.717) is 24.5 Å². The predicted octanol–water partition coefficient (Wildman–Crippen LogP) is 5.00. The van der Waals surface area contributed by atoms with Crippen LogP contribution in [0, 0.1) is 0 Å². The molecule has 0 saturated heterocycles. The number of carbonyl (C=O) groups is 2. The first-order valence-corrected chi connectivity index (χ1v) is 14.0. The minimum Gasteiger partial charge on any atom is -0.481 e. The van der Waals surface area contributed by atoms with E-state index in [9.17, 15) is 14.2 Å². The maximum absolute atomic E-state index is 13.1. The smallest absolute Gasteiger partial charge is 0.303 e. The van der Waals surface area contributed by atoms with Crippen LogP contribution in [0.15, 0.2) is 36.4 Å². The number of benzene rings is 2. The molecule has 1 aliphatic heterocycles. The third-order valence-corrected chi connectivity index (χ3v) is 7.57. The minimum atomic E-state index is -2.53. The van der Waals surface area contributed by atoms with Gasteiger partial charge in [-0.1, -0.05) is 18.6 Å². The molecular weight excluding hydrogens is 493 g/mol. The van der Waals surface area contributed by atoms with E-state index in [4.69, 9.17) is 14.4 Å². The first-order chi connectivity index (χ1) is 17.6. The lowest BCUT2D eigenvalue weighted by molar-refractivity contribution is -0.137. The molecule has 1 aliphatic rings. The number of rotatable bonds is 13. The molecule has 0 fully saturated rings. The second-order valence-electron chi connectivity index (χ2n) is 9.72. The molecular formula is C27H38N3O6P. The van der Waals surface area contributed by atoms with Gasteiger partial charge in [0, 0.05) is 95.4 Å². The van der Waals surface area contributed by atoms with Gasteiger partial charge < -0.3 is 29.1 Å². The highest BCUT2D eigenvalue weighted by Gasteiger charge is 2.30. The van der Waals surface area contributed by atoms with Crippen molar-refractivity contribution in [2.45, 2.75) is 38.2 Å². The number of anilines is 2. The van der Waals surface area contributed by atoms with Crippen molar-refractivity contribution in [3.05, 3.63) is 47.5 Å². The number of aliphatic carboxylic acids is 1. The third kappa shape index (κ3) is 7.73. The van der Waals surface area contributed by atoms with Crippen LogP contribution in [-0.2, 0) is 18.7 Å². The fraction of sp³-hybridized carbons (Fsp3) is 0.481. The van der Waals surface area contributed by atoms with Gasteiger partial charge in [-0.25, -0.2) is 0 Å². The standard InChI is InChI=1S/C27H38N3O6P/c1-28(2)19-10-12-21-23(17-19)35-24-18-20(29(3)4)11-13-22(24)27(21)36-37(34)16-14-25(31)30(5)15-8-6-7-9-26(32)33/h10-13,17-18,27,37H,6-9,14-16H2,1-5H3,(H,32,33). The number of carboxylic acids is 1. The molecule has 9 nitrogen and oxygen atoms in total. The van der Waals surface area contributed by atoms with Crippen LogP contribution in [0.4, 0.5) is 11.4 Å². The Balaban J connectivity index is 1.66. The summed E-state index contributed by atoms with van der Waals surface area (Å²) in [4.78, 5) is 28.7. The summed E-state index contributed by atoms with van der Waals surface area (Å²) < 4.78 is 25.4. The number of carboxylic acid groups (broad SMARTS) is 1. The molecule has 0 radical (unpaired) electrons. The average molecular weight is 532 g/mol. The Morgan fingerprint density at radius 3 is 1.97 bits per heavy atom. The monoisotopic (exact) mass is 531 g/mol. The highest BCUT2D eigenvalue weighted by molar-refractivity contribution is 7.39. The summed E-state index contributed by atoms with van der Waals surface area (Å²) in [6.45, 7) is 0.545. The second kappa shape index (κ2) is 13.0. The van der Waals surface area contributed by atoms with E-state index in [0.717, 1.165) is 35.3 Å². The van der Waals surface area contributed by atoms with Gasteiger partial charge in [-0.05, 0) is 25.0 Å². The number of unbranched alkanes of at least 4 members (excludes halogenated alkanes) is 2. The van der Waals surface area contributed by atoms with Crippen molar-refractivity contribution >= 4 is 31.3 Å². The average Bonchev–Trinajstić information content (AvgIpc) is 2.85. The number of hydrogen-bond acceptors (Lipinski definition) is 7. The van der Waals surface area contributed by atoms with Crippen LogP contribution < -0.4 is 14.5 Å². The molecule has 37 heavy (non-hydrogen) atoms. The summed E-state index contributed by atoms with van der Waals surface area (Å²) in [6, 6.07) is 11.7. The zero-order chi connectivity index (χ0) is 27.1. The molecule has 1 N–H and O–H groups in total. The Morgan fingerprint density at radius 2 is 1.46 bits per heavy atom. The van der Waals surface area contributed by atoms with Crippen molar-refractivity contribution in [1.82, 2.24) is 4.90 Å². The van der Waals surface area contributed by atoms with Gasteiger partial charge in [0.2, 0.25) is 5.91 Å². The molecule has 0 bridgehead atoms. The Hall–Kier alpha value is -3.03. The molecule has 0 aliphatic carbocycles. The van der Waals surface area contributed by atoms with Gasteiger partial charge in [-0.3, -0.25) is 14.2 Å². The number of ether oxygens (including phenoxy) is 1. The summed E-state index contributed by atoms with van der Waals surface area (Å²) in [5.74, 6) is 0.418. The van der Waals surface area contributed by atoms with E-state index in [-0.39, 0.29) is 24.9 Å². The van der Waals surface area contributed by atoms with Crippen molar-refractivity contribution in [3.8, 4) is 11.5 Å². The van der Waals surface area contributed by atoms with Crippen LogP contribution in [-0.4, -0.2) is 69.8 Å². The Morgan fingerprint density at radius 1 is 0.892 bits per heavy atom. The number of nitrogens with zero attached hydrogens (tertiary/aromatic N) is 3.